The van der Waals surface area contributed by atoms with Crippen molar-refractivity contribution in [2.45, 2.75) is 11.6 Å². The molecule has 0 spiro atoms. The van der Waals surface area contributed by atoms with Crippen LogP contribution in [0.25, 0.3) is 10.9 Å². The number of piperazine rings is 1. The summed E-state index contributed by atoms with van der Waals surface area (Å²) < 4.78 is 27.4. The molecule has 0 saturated carbocycles. The minimum absolute atomic E-state index is 0.0509. The van der Waals surface area contributed by atoms with Gasteiger partial charge in [0.25, 0.3) is 10.0 Å². The van der Waals surface area contributed by atoms with Crippen molar-refractivity contribution < 1.29 is 13.2 Å². The van der Waals surface area contributed by atoms with Crippen LogP contribution in [-0.4, -0.2) is 73.0 Å². The van der Waals surface area contributed by atoms with Crippen molar-refractivity contribution in [3.05, 3.63) is 64.7 Å². The number of halogens is 1. The number of hydrogen-bond acceptors (Lipinski definition) is 4. The highest BCUT2D eigenvalue weighted by molar-refractivity contribution is 7.89. The average molecular weight is 474 g/mol. The normalized spacial score (nSPS) is 15.3. The highest BCUT2D eigenvalue weighted by atomic mass is 35.5. The number of nitrogens with one attached hydrogen (secondary N) is 2. The van der Waals surface area contributed by atoms with Crippen LogP contribution in [-0.2, 0) is 21.4 Å². The molecule has 1 saturated heterocycles. The van der Waals surface area contributed by atoms with Gasteiger partial charge in [0.15, 0.2) is 0 Å². The molecule has 3 aromatic rings. The van der Waals surface area contributed by atoms with Crippen LogP contribution < -0.4 is 0 Å². The Morgan fingerprint density at radius 1 is 1.12 bits per heavy atom. The summed E-state index contributed by atoms with van der Waals surface area (Å²) in [5.74, 6) is 0.162. The minimum atomic E-state index is -3.83. The Bertz CT molecular complexity index is 1280. The van der Waals surface area contributed by atoms with Crippen molar-refractivity contribution in [3.8, 4) is 0 Å². The number of nitrogens with zero attached hydrogens (tertiary/aromatic N) is 3. The first-order chi connectivity index (χ1) is 15.1. The SMILES string of the molecule is CN(C)C(=N)c1ccc(CN2CCN(S(=O)(=O)c3cc4cc(Cl)ccc4[nH]3)CC2=O)cc1. The molecule has 0 atom stereocenters. The number of benzene rings is 2. The van der Waals surface area contributed by atoms with Crippen molar-refractivity contribution in [3.63, 3.8) is 0 Å². The van der Waals surface area contributed by atoms with E-state index in [9.17, 15) is 13.2 Å². The van der Waals surface area contributed by atoms with Gasteiger partial charge in [-0.25, -0.2) is 8.42 Å². The molecule has 10 heteroatoms. The molecule has 1 aliphatic rings. The third kappa shape index (κ3) is 4.36. The van der Waals surface area contributed by atoms with Gasteiger partial charge >= 0.3 is 0 Å². The Kier molecular flexibility index (Phi) is 5.98. The summed E-state index contributed by atoms with van der Waals surface area (Å²) in [5.41, 5.74) is 2.39. The number of amides is 1. The van der Waals surface area contributed by atoms with Crippen molar-refractivity contribution in [2.75, 3.05) is 33.7 Å². The molecule has 8 nitrogen and oxygen atoms in total. The first-order valence-electron chi connectivity index (χ1n) is 10.1. The highest BCUT2D eigenvalue weighted by Crippen LogP contribution is 2.25. The summed E-state index contributed by atoms with van der Waals surface area (Å²) >= 11 is 5.99. The van der Waals surface area contributed by atoms with Crippen LogP contribution in [0.5, 0.6) is 0 Å². The summed E-state index contributed by atoms with van der Waals surface area (Å²) in [7, 11) is -0.204. The lowest BCUT2D eigenvalue weighted by molar-refractivity contribution is -0.134. The fourth-order valence-electron chi connectivity index (χ4n) is 3.66. The fourth-order valence-corrected chi connectivity index (χ4v) is 5.24. The lowest BCUT2D eigenvalue weighted by Crippen LogP contribution is -2.51. The second-order valence-electron chi connectivity index (χ2n) is 7.96. The van der Waals surface area contributed by atoms with E-state index in [2.05, 4.69) is 4.98 Å². The van der Waals surface area contributed by atoms with Crippen molar-refractivity contribution in [1.82, 2.24) is 19.1 Å². The average Bonchev–Trinajstić information content (AvgIpc) is 3.19. The number of carbonyl (C=O) groups is 1. The molecule has 1 fully saturated rings. The van der Waals surface area contributed by atoms with Crippen molar-refractivity contribution in [1.29, 1.82) is 5.41 Å². The van der Waals surface area contributed by atoms with Gasteiger partial charge in [0, 0.05) is 55.2 Å². The summed E-state index contributed by atoms with van der Waals surface area (Å²) in [6.07, 6.45) is 0. The second-order valence-corrected chi connectivity index (χ2v) is 10.3. The van der Waals surface area contributed by atoms with E-state index in [1.54, 1.807) is 34.1 Å². The van der Waals surface area contributed by atoms with Gasteiger partial charge in [-0.05, 0) is 29.8 Å². The zero-order valence-corrected chi connectivity index (χ0v) is 19.4. The number of aromatic amines is 1. The maximum atomic E-state index is 13.1. The predicted molar refractivity (Wildman–Crippen MR) is 124 cm³/mol. The van der Waals surface area contributed by atoms with Gasteiger partial charge in [-0.2, -0.15) is 4.31 Å². The standard InChI is InChI=1S/C22H24ClN5O3S/c1-26(2)22(24)16-5-3-15(4-6-16)13-27-9-10-28(14-21(27)29)32(30,31)20-12-17-11-18(23)7-8-19(17)25-20/h3-8,11-12,24-25H,9-10,13-14H2,1-2H3. The number of H-pyrrole nitrogens is 1. The molecule has 0 radical (unpaired) electrons. The summed E-state index contributed by atoms with van der Waals surface area (Å²) in [6, 6.07) is 14.1. The van der Waals surface area contributed by atoms with Gasteiger partial charge in [-0.1, -0.05) is 35.9 Å². The van der Waals surface area contributed by atoms with Crippen molar-refractivity contribution in [2.24, 2.45) is 0 Å². The molecule has 168 valence electrons. The lowest BCUT2D eigenvalue weighted by atomic mass is 10.1. The molecular weight excluding hydrogens is 450 g/mol. The molecule has 0 unspecified atom stereocenters. The van der Waals surface area contributed by atoms with Crippen molar-refractivity contribution >= 4 is 44.3 Å². The number of sulfonamides is 1. The molecule has 2 heterocycles. The Morgan fingerprint density at radius 2 is 1.84 bits per heavy atom. The van der Waals surface area contributed by atoms with Crippen LogP contribution >= 0.6 is 11.6 Å². The number of amidine groups is 1. The summed E-state index contributed by atoms with van der Waals surface area (Å²) in [6.45, 7) is 0.710. The maximum absolute atomic E-state index is 13.1. The monoisotopic (exact) mass is 473 g/mol. The summed E-state index contributed by atoms with van der Waals surface area (Å²) in [5, 5.41) is 9.30. The number of carbonyl (C=O) groups excluding carboxylic acids is 1. The third-order valence-corrected chi connectivity index (χ3v) is 7.51. The van der Waals surface area contributed by atoms with Gasteiger partial charge in [0.2, 0.25) is 5.91 Å². The molecule has 32 heavy (non-hydrogen) atoms. The topological polar surface area (TPSA) is 101 Å². The fraction of sp³-hybridized carbons (Fsp3) is 0.273. The molecule has 2 N–H and O–H groups in total. The first kappa shape index (κ1) is 22.3. The molecule has 0 aliphatic carbocycles. The minimum Gasteiger partial charge on any atom is -0.363 e. The highest BCUT2D eigenvalue weighted by Gasteiger charge is 2.33. The number of fused-ring (bicyclic) bond motifs is 1. The van der Waals surface area contributed by atoms with E-state index < -0.39 is 10.0 Å². The van der Waals surface area contributed by atoms with E-state index in [1.807, 2.05) is 38.4 Å². The van der Waals surface area contributed by atoms with E-state index in [4.69, 9.17) is 17.0 Å². The molecule has 1 aliphatic heterocycles. The third-order valence-electron chi connectivity index (χ3n) is 5.51. The van der Waals surface area contributed by atoms with Gasteiger partial charge in [-0.3, -0.25) is 10.2 Å². The first-order valence-corrected chi connectivity index (χ1v) is 11.9. The van der Waals surface area contributed by atoms with E-state index in [-0.39, 0.29) is 24.0 Å². The summed E-state index contributed by atoms with van der Waals surface area (Å²) in [4.78, 5) is 19.0. The molecule has 4 rings (SSSR count). The Morgan fingerprint density at radius 3 is 2.50 bits per heavy atom. The number of hydrogen-bond donors (Lipinski definition) is 2. The zero-order valence-electron chi connectivity index (χ0n) is 17.8. The van der Waals surface area contributed by atoms with Gasteiger partial charge < -0.3 is 14.8 Å². The second kappa shape index (κ2) is 8.57. The Balaban J connectivity index is 1.44. The predicted octanol–water partition coefficient (Wildman–Crippen LogP) is 2.74. The largest absolute Gasteiger partial charge is 0.363 e. The van der Waals surface area contributed by atoms with E-state index in [0.717, 1.165) is 11.1 Å². The molecule has 1 aromatic heterocycles. The molecule has 0 bridgehead atoms. The van der Waals surface area contributed by atoms with Crippen LogP contribution in [0.1, 0.15) is 11.1 Å². The smallest absolute Gasteiger partial charge is 0.259 e. The molecule has 1 amide bonds. The molecule has 2 aromatic carbocycles. The molecular formula is C22H24ClN5O3S. The Hall–Kier alpha value is -2.88. The number of rotatable bonds is 5. The quantitative estimate of drug-likeness (QED) is 0.439. The number of aromatic nitrogens is 1. The van der Waals surface area contributed by atoms with Gasteiger partial charge in [0.1, 0.15) is 10.9 Å². The van der Waals surface area contributed by atoms with E-state index >= 15 is 0 Å². The maximum Gasteiger partial charge on any atom is 0.259 e. The lowest BCUT2D eigenvalue weighted by Gasteiger charge is -2.33. The Labute approximate surface area is 191 Å². The van der Waals surface area contributed by atoms with Crippen LogP contribution in [0.4, 0.5) is 0 Å². The van der Waals surface area contributed by atoms with Crippen LogP contribution in [0.15, 0.2) is 53.6 Å². The van der Waals surface area contributed by atoms with Gasteiger partial charge in [-0.15, -0.1) is 0 Å². The van der Waals surface area contributed by atoms with Crippen LogP contribution in [0.2, 0.25) is 5.02 Å². The van der Waals surface area contributed by atoms with Crippen LogP contribution in [0.3, 0.4) is 0 Å². The zero-order chi connectivity index (χ0) is 23.0. The van der Waals surface area contributed by atoms with Crippen LogP contribution in [0, 0.1) is 5.41 Å². The van der Waals surface area contributed by atoms with Gasteiger partial charge in [0.05, 0.1) is 6.54 Å². The van der Waals surface area contributed by atoms with E-state index in [0.29, 0.717) is 34.9 Å². The van der Waals surface area contributed by atoms with E-state index in [1.165, 1.54) is 4.31 Å².